The lowest BCUT2D eigenvalue weighted by Gasteiger charge is -2.13. The van der Waals surface area contributed by atoms with E-state index in [-0.39, 0.29) is 5.91 Å². The van der Waals surface area contributed by atoms with Crippen molar-refractivity contribution in [2.45, 2.75) is 0 Å². The zero-order valence-electron chi connectivity index (χ0n) is 8.75. The lowest BCUT2D eigenvalue weighted by molar-refractivity contribution is 0.0993. The Morgan fingerprint density at radius 1 is 1.50 bits per heavy atom. The van der Waals surface area contributed by atoms with Gasteiger partial charge in [0.25, 0.3) is 5.91 Å². The third-order valence-corrected chi connectivity index (χ3v) is 2.99. The molecule has 1 aromatic carbocycles. The Morgan fingerprint density at radius 3 is 2.94 bits per heavy atom. The first kappa shape index (κ1) is 10.6. The maximum Gasteiger partial charge on any atom is 0.259 e. The normalized spacial score (nSPS) is 10.1. The molecule has 0 aliphatic carbocycles. The van der Waals surface area contributed by atoms with Gasteiger partial charge < -0.3 is 5.73 Å². The second-order valence-corrected chi connectivity index (χ2v) is 4.18. The van der Waals surface area contributed by atoms with E-state index in [0.717, 1.165) is 0 Å². The fraction of sp³-hybridized carbons (Fsp3) is 0.0909. The number of hydrogen-bond donors (Lipinski definition) is 1. The highest BCUT2D eigenvalue weighted by molar-refractivity contribution is 7.13. The van der Waals surface area contributed by atoms with Crippen molar-refractivity contribution in [1.29, 1.82) is 0 Å². The first-order valence-electron chi connectivity index (χ1n) is 4.71. The molecule has 5 heteroatoms. The Balaban J connectivity index is 2.26. The van der Waals surface area contributed by atoms with Gasteiger partial charge in [-0.05, 0) is 18.2 Å². The molecule has 1 amide bonds. The summed E-state index contributed by atoms with van der Waals surface area (Å²) in [5, 5.41) is 2.51. The van der Waals surface area contributed by atoms with Crippen LogP contribution in [0, 0.1) is 0 Å². The standard InChI is InChI=1S/C11H11N3OS/c1-14(11-13-5-6-16-11)10(15)8-3-2-4-9(12)7-8/h2-7H,12H2,1H3. The lowest BCUT2D eigenvalue weighted by Crippen LogP contribution is -2.26. The summed E-state index contributed by atoms with van der Waals surface area (Å²) >= 11 is 1.42. The first-order valence-corrected chi connectivity index (χ1v) is 5.59. The molecule has 0 unspecified atom stereocenters. The molecule has 0 fully saturated rings. The highest BCUT2D eigenvalue weighted by atomic mass is 32.1. The molecule has 0 aliphatic rings. The molecule has 0 aliphatic heterocycles. The van der Waals surface area contributed by atoms with E-state index < -0.39 is 0 Å². The van der Waals surface area contributed by atoms with Crippen molar-refractivity contribution in [3.8, 4) is 0 Å². The molecule has 0 radical (unpaired) electrons. The van der Waals surface area contributed by atoms with E-state index in [1.165, 1.54) is 16.2 Å². The van der Waals surface area contributed by atoms with Crippen LogP contribution in [0.25, 0.3) is 0 Å². The molecule has 2 rings (SSSR count). The van der Waals surface area contributed by atoms with Crippen LogP contribution in [0.3, 0.4) is 0 Å². The van der Waals surface area contributed by atoms with Crippen LogP contribution in [0.1, 0.15) is 10.4 Å². The molecular weight excluding hydrogens is 222 g/mol. The van der Waals surface area contributed by atoms with Crippen LogP contribution >= 0.6 is 11.3 Å². The van der Waals surface area contributed by atoms with Crippen LogP contribution in [0.5, 0.6) is 0 Å². The minimum atomic E-state index is -0.109. The molecule has 0 saturated carbocycles. The van der Waals surface area contributed by atoms with Crippen LogP contribution in [-0.4, -0.2) is 17.9 Å². The van der Waals surface area contributed by atoms with Crippen LogP contribution in [-0.2, 0) is 0 Å². The number of carbonyl (C=O) groups excluding carboxylic acids is 1. The number of nitrogens with zero attached hydrogens (tertiary/aromatic N) is 2. The molecule has 0 atom stereocenters. The number of amides is 1. The predicted molar refractivity (Wildman–Crippen MR) is 65.7 cm³/mol. The SMILES string of the molecule is CN(C(=O)c1cccc(N)c1)c1nccs1. The maximum atomic E-state index is 12.0. The Hall–Kier alpha value is -1.88. The number of thiazole rings is 1. The lowest BCUT2D eigenvalue weighted by atomic mass is 10.2. The van der Waals surface area contributed by atoms with Gasteiger partial charge in [0.2, 0.25) is 0 Å². The fourth-order valence-electron chi connectivity index (χ4n) is 1.33. The molecule has 0 spiro atoms. The number of hydrogen-bond acceptors (Lipinski definition) is 4. The van der Waals surface area contributed by atoms with Crippen molar-refractivity contribution in [2.24, 2.45) is 0 Å². The van der Waals surface area contributed by atoms with E-state index in [4.69, 9.17) is 5.73 Å². The molecule has 16 heavy (non-hydrogen) atoms. The average Bonchev–Trinajstić information content (AvgIpc) is 2.80. The third-order valence-electron chi connectivity index (χ3n) is 2.14. The molecule has 0 bridgehead atoms. The van der Waals surface area contributed by atoms with Gasteiger partial charge in [0, 0.05) is 29.9 Å². The van der Waals surface area contributed by atoms with Gasteiger partial charge in [-0.1, -0.05) is 6.07 Å². The van der Waals surface area contributed by atoms with Crippen molar-refractivity contribution < 1.29 is 4.79 Å². The van der Waals surface area contributed by atoms with Gasteiger partial charge in [0.1, 0.15) is 0 Å². The van der Waals surface area contributed by atoms with Crippen molar-refractivity contribution in [3.05, 3.63) is 41.4 Å². The first-order chi connectivity index (χ1) is 7.68. The van der Waals surface area contributed by atoms with Crippen LogP contribution in [0.15, 0.2) is 35.8 Å². The third kappa shape index (κ3) is 2.04. The van der Waals surface area contributed by atoms with Gasteiger partial charge in [0.15, 0.2) is 5.13 Å². The summed E-state index contributed by atoms with van der Waals surface area (Å²) in [5.74, 6) is -0.109. The molecule has 1 aromatic heterocycles. The summed E-state index contributed by atoms with van der Waals surface area (Å²) in [6, 6.07) is 6.91. The molecule has 0 saturated heterocycles. The Bertz CT molecular complexity index is 496. The summed E-state index contributed by atoms with van der Waals surface area (Å²) in [6.07, 6.45) is 1.67. The zero-order valence-corrected chi connectivity index (χ0v) is 9.57. The molecule has 4 nitrogen and oxygen atoms in total. The number of aromatic nitrogens is 1. The van der Waals surface area contributed by atoms with E-state index in [1.807, 2.05) is 5.38 Å². The molecular formula is C11H11N3OS. The number of benzene rings is 1. The number of anilines is 2. The van der Waals surface area contributed by atoms with E-state index in [1.54, 1.807) is 37.5 Å². The zero-order chi connectivity index (χ0) is 11.5. The van der Waals surface area contributed by atoms with Crippen molar-refractivity contribution in [1.82, 2.24) is 4.98 Å². The summed E-state index contributed by atoms with van der Waals surface area (Å²) in [6.45, 7) is 0. The monoisotopic (exact) mass is 233 g/mol. The van der Waals surface area contributed by atoms with Crippen LogP contribution in [0.4, 0.5) is 10.8 Å². The summed E-state index contributed by atoms with van der Waals surface area (Å²) in [5.41, 5.74) is 6.78. The number of nitrogens with two attached hydrogens (primary N) is 1. The Labute approximate surface area is 97.3 Å². The predicted octanol–water partition coefficient (Wildman–Crippen LogP) is 2.00. The van der Waals surface area contributed by atoms with E-state index >= 15 is 0 Å². The van der Waals surface area contributed by atoms with Crippen molar-refractivity contribution in [2.75, 3.05) is 17.7 Å². The summed E-state index contributed by atoms with van der Waals surface area (Å²) in [7, 11) is 1.70. The summed E-state index contributed by atoms with van der Waals surface area (Å²) < 4.78 is 0. The second-order valence-electron chi connectivity index (χ2n) is 3.30. The highest BCUT2D eigenvalue weighted by Gasteiger charge is 2.14. The molecule has 82 valence electrons. The Kier molecular flexibility index (Phi) is 2.87. The topological polar surface area (TPSA) is 59.2 Å². The van der Waals surface area contributed by atoms with Gasteiger partial charge >= 0.3 is 0 Å². The molecule has 2 aromatic rings. The number of nitrogen functional groups attached to an aromatic ring is 1. The van der Waals surface area contributed by atoms with Gasteiger partial charge in [-0.25, -0.2) is 4.98 Å². The maximum absolute atomic E-state index is 12.0. The van der Waals surface area contributed by atoms with Crippen LogP contribution in [0.2, 0.25) is 0 Å². The fourth-order valence-corrected chi connectivity index (χ4v) is 1.94. The molecule has 2 N–H and O–H groups in total. The quantitative estimate of drug-likeness (QED) is 0.807. The highest BCUT2D eigenvalue weighted by Crippen LogP contribution is 2.18. The number of carbonyl (C=O) groups is 1. The Morgan fingerprint density at radius 2 is 2.31 bits per heavy atom. The van der Waals surface area contributed by atoms with Gasteiger partial charge in [-0.2, -0.15) is 0 Å². The smallest absolute Gasteiger partial charge is 0.259 e. The van der Waals surface area contributed by atoms with Gasteiger partial charge in [-0.15, -0.1) is 11.3 Å². The second kappa shape index (κ2) is 4.32. The average molecular weight is 233 g/mol. The van der Waals surface area contributed by atoms with Gasteiger partial charge in [-0.3, -0.25) is 9.69 Å². The minimum Gasteiger partial charge on any atom is -0.399 e. The van der Waals surface area contributed by atoms with E-state index in [2.05, 4.69) is 4.98 Å². The van der Waals surface area contributed by atoms with E-state index in [0.29, 0.717) is 16.4 Å². The van der Waals surface area contributed by atoms with Crippen molar-refractivity contribution >= 4 is 28.1 Å². The number of rotatable bonds is 2. The summed E-state index contributed by atoms with van der Waals surface area (Å²) in [4.78, 5) is 17.6. The largest absolute Gasteiger partial charge is 0.399 e. The van der Waals surface area contributed by atoms with Crippen LogP contribution < -0.4 is 10.6 Å². The minimum absolute atomic E-state index is 0.109. The van der Waals surface area contributed by atoms with E-state index in [9.17, 15) is 4.79 Å². The molecule has 1 heterocycles. The van der Waals surface area contributed by atoms with Crippen molar-refractivity contribution in [3.63, 3.8) is 0 Å². The van der Waals surface area contributed by atoms with Gasteiger partial charge in [0.05, 0.1) is 0 Å².